The van der Waals surface area contributed by atoms with Gasteiger partial charge in [0.25, 0.3) is 0 Å². The second kappa shape index (κ2) is 6.65. The smallest absolute Gasteiger partial charge is 0.227 e. The van der Waals surface area contributed by atoms with Gasteiger partial charge < -0.3 is 4.90 Å². The van der Waals surface area contributed by atoms with Crippen molar-refractivity contribution in [1.29, 1.82) is 0 Å². The van der Waals surface area contributed by atoms with E-state index in [9.17, 15) is 4.79 Å². The van der Waals surface area contributed by atoms with Crippen molar-refractivity contribution < 1.29 is 4.79 Å². The van der Waals surface area contributed by atoms with Crippen LogP contribution in [0.1, 0.15) is 33.9 Å². The first kappa shape index (κ1) is 15.3. The maximum atomic E-state index is 12.5. The molecule has 22 heavy (non-hydrogen) atoms. The zero-order valence-electron chi connectivity index (χ0n) is 13.3. The van der Waals surface area contributed by atoms with E-state index in [0.717, 1.165) is 25.9 Å². The van der Waals surface area contributed by atoms with E-state index in [0.29, 0.717) is 12.3 Å². The van der Waals surface area contributed by atoms with Gasteiger partial charge in [-0.25, -0.2) is 0 Å². The maximum absolute atomic E-state index is 12.5. The monoisotopic (exact) mass is 317 g/mol. The van der Waals surface area contributed by atoms with Crippen LogP contribution in [0.15, 0.2) is 18.3 Å². The number of likely N-dealkylation sites (tertiary alicyclic amines) is 1. The molecule has 3 heterocycles. The Labute approximate surface area is 135 Å². The fourth-order valence-electron chi connectivity index (χ4n) is 3.17. The molecule has 0 saturated carbocycles. The van der Waals surface area contributed by atoms with E-state index in [4.69, 9.17) is 0 Å². The number of amides is 1. The first-order valence-corrected chi connectivity index (χ1v) is 8.75. The van der Waals surface area contributed by atoms with Crippen LogP contribution in [-0.4, -0.2) is 34.1 Å². The summed E-state index contributed by atoms with van der Waals surface area (Å²) >= 11 is 1.73. The summed E-state index contributed by atoms with van der Waals surface area (Å²) in [6, 6.07) is 4.17. The Bertz CT molecular complexity index is 646. The van der Waals surface area contributed by atoms with Crippen molar-refractivity contribution in [3.8, 4) is 0 Å². The number of carbonyl (C=O) groups is 1. The quantitative estimate of drug-likeness (QED) is 0.942. The lowest BCUT2D eigenvalue weighted by Gasteiger charge is -2.32. The zero-order valence-corrected chi connectivity index (χ0v) is 14.1. The summed E-state index contributed by atoms with van der Waals surface area (Å²) in [4.78, 5) is 17.0. The molecule has 1 atom stereocenters. The number of nitrogens with one attached hydrogen (secondary N) is 1. The number of hydrogen-bond acceptors (Lipinski definition) is 3. The first-order chi connectivity index (χ1) is 10.6. The molecule has 1 saturated heterocycles. The van der Waals surface area contributed by atoms with E-state index in [1.807, 2.05) is 6.20 Å². The maximum Gasteiger partial charge on any atom is 0.227 e. The van der Waals surface area contributed by atoms with Crippen molar-refractivity contribution in [1.82, 2.24) is 15.1 Å². The van der Waals surface area contributed by atoms with Gasteiger partial charge in [-0.05, 0) is 56.7 Å². The molecule has 1 aliphatic heterocycles. The second-order valence-corrected chi connectivity index (χ2v) is 7.65. The van der Waals surface area contributed by atoms with Gasteiger partial charge in [0.1, 0.15) is 0 Å². The van der Waals surface area contributed by atoms with Crippen molar-refractivity contribution in [3.05, 3.63) is 39.3 Å². The van der Waals surface area contributed by atoms with Crippen LogP contribution >= 0.6 is 11.3 Å². The minimum atomic E-state index is 0.271. The molecule has 0 aliphatic carbocycles. The molecule has 5 heteroatoms. The summed E-state index contributed by atoms with van der Waals surface area (Å²) in [7, 11) is 0. The number of aromatic nitrogens is 2. The molecule has 1 fully saturated rings. The SMILES string of the molecule is Cc1ccc(CC(=O)N2CCCC(Cc3[nH]ncc3C)C2)s1. The van der Waals surface area contributed by atoms with Gasteiger partial charge in [-0.15, -0.1) is 11.3 Å². The molecule has 0 aromatic carbocycles. The predicted octanol–water partition coefficient (Wildman–Crippen LogP) is 3.11. The van der Waals surface area contributed by atoms with Gasteiger partial charge in [0.15, 0.2) is 0 Å². The Kier molecular flexibility index (Phi) is 4.62. The van der Waals surface area contributed by atoms with Crippen molar-refractivity contribution in [3.63, 3.8) is 0 Å². The number of hydrogen-bond donors (Lipinski definition) is 1. The van der Waals surface area contributed by atoms with E-state index in [1.54, 1.807) is 11.3 Å². The number of H-pyrrole nitrogens is 1. The van der Waals surface area contributed by atoms with E-state index < -0.39 is 0 Å². The average Bonchev–Trinajstić information content (AvgIpc) is 3.08. The van der Waals surface area contributed by atoms with Gasteiger partial charge in [-0.2, -0.15) is 5.10 Å². The van der Waals surface area contributed by atoms with Crippen LogP contribution < -0.4 is 0 Å². The van der Waals surface area contributed by atoms with Crippen LogP contribution in [0, 0.1) is 19.8 Å². The Morgan fingerprint density at radius 1 is 1.45 bits per heavy atom. The second-order valence-electron chi connectivity index (χ2n) is 6.27. The molecule has 0 spiro atoms. The minimum Gasteiger partial charge on any atom is -0.342 e. The molecule has 3 rings (SSSR count). The van der Waals surface area contributed by atoms with Gasteiger partial charge in [-0.1, -0.05) is 0 Å². The predicted molar refractivity (Wildman–Crippen MR) is 89.1 cm³/mol. The van der Waals surface area contributed by atoms with Gasteiger partial charge in [0, 0.05) is 28.5 Å². The molecule has 0 bridgehead atoms. The Hall–Kier alpha value is -1.62. The first-order valence-electron chi connectivity index (χ1n) is 7.94. The lowest BCUT2D eigenvalue weighted by Crippen LogP contribution is -2.41. The third-order valence-electron chi connectivity index (χ3n) is 4.42. The highest BCUT2D eigenvalue weighted by Gasteiger charge is 2.24. The van der Waals surface area contributed by atoms with Crippen molar-refractivity contribution >= 4 is 17.2 Å². The molecule has 2 aromatic heterocycles. The Balaban J connectivity index is 1.58. The van der Waals surface area contributed by atoms with Gasteiger partial charge in [0.05, 0.1) is 12.6 Å². The van der Waals surface area contributed by atoms with Crippen LogP contribution in [0.2, 0.25) is 0 Å². The summed E-state index contributed by atoms with van der Waals surface area (Å²) in [6.07, 6.45) is 5.72. The normalized spacial score (nSPS) is 18.6. The standard InChI is InChI=1S/C17H23N3OS/c1-12-10-18-19-16(12)8-14-4-3-7-20(11-14)17(21)9-15-6-5-13(2)22-15/h5-6,10,14H,3-4,7-9,11H2,1-2H3,(H,18,19). The van der Waals surface area contributed by atoms with Crippen LogP contribution in [0.25, 0.3) is 0 Å². The number of carbonyl (C=O) groups excluding carboxylic acids is 1. The average molecular weight is 317 g/mol. The molecular weight excluding hydrogens is 294 g/mol. The lowest BCUT2D eigenvalue weighted by molar-refractivity contribution is -0.132. The molecule has 1 amide bonds. The van der Waals surface area contributed by atoms with E-state index >= 15 is 0 Å². The topological polar surface area (TPSA) is 49.0 Å². The van der Waals surface area contributed by atoms with E-state index in [2.05, 4.69) is 41.1 Å². The molecular formula is C17H23N3OS. The zero-order chi connectivity index (χ0) is 15.5. The fraction of sp³-hybridized carbons (Fsp3) is 0.529. The molecule has 2 aromatic rings. The summed E-state index contributed by atoms with van der Waals surface area (Å²) in [5.74, 6) is 0.815. The Morgan fingerprint density at radius 2 is 2.32 bits per heavy atom. The third kappa shape index (κ3) is 3.58. The number of piperidine rings is 1. The third-order valence-corrected chi connectivity index (χ3v) is 5.42. The van der Waals surface area contributed by atoms with Crippen LogP contribution in [0.4, 0.5) is 0 Å². The van der Waals surface area contributed by atoms with Gasteiger partial charge in [0.2, 0.25) is 5.91 Å². The van der Waals surface area contributed by atoms with Crippen molar-refractivity contribution in [2.75, 3.05) is 13.1 Å². The summed E-state index contributed by atoms with van der Waals surface area (Å²) in [5, 5.41) is 7.18. The fourth-order valence-corrected chi connectivity index (χ4v) is 4.05. The van der Waals surface area contributed by atoms with Crippen LogP contribution in [0.5, 0.6) is 0 Å². The Morgan fingerprint density at radius 3 is 3.00 bits per heavy atom. The summed E-state index contributed by atoms with van der Waals surface area (Å²) < 4.78 is 0. The highest BCUT2D eigenvalue weighted by atomic mass is 32.1. The van der Waals surface area contributed by atoms with E-state index in [1.165, 1.54) is 27.4 Å². The van der Waals surface area contributed by atoms with Crippen LogP contribution in [0.3, 0.4) is 0 Å². The molecule has 1 aliphatic rings. The minimum absolute atomic E-state index is 0.271. The summed E-state index contributed by atoms with van der Waals surface area (Å²) in [6.45, 7) is 5.95. The highest BCUT2D eigenvalue weighted by molar-refractivity contribution is 7.12. The van der Waals surface area contributed by atoms with Crippen molar-refractivity contribution in [2.45, 2.75) is 39.5 Å². The number of thiophene rings is 1. The molecule has 1 N–H and O–H groups in total. The van der Waals surface area contributed by atoms with E-state index in [-0.39, 0.29) is 5.91 Å². The lowest BCUT2D eigenvalue weighted by atomic mass is 9.92. The molecule has 1 unspecified atom stereocenters. The largest absolute Gasteiger partial charge is 0.342 e. The number of nitrogens with zero attached hydrogens (tertiary/aromatic N) is 2. The number of aromatic amines is 1. The summed E-state index contributed by atoms with van der Waals surface area (Å²) in [5.41, 5.74) is 2.44. The van der Waals surface area contributed by atoms with Gasteiger partial charge in [-0.3, -0.25) is 9.89 Å². The van der Waals surface area contributed by atoms with Gasteiger partial charge >= 0.3 is 0 Å². The van der Waals surface area contributed by atoms with Crippen molar-refractivity contribution in [2.24, 2.45) is 5.92 Å². The molecule has 0 radical (unpaired) electrons. The molecule has 4 nitrogen and oxygen atoms in total. The van der Waals surface area contributed by atoms with Crippen LogP contribution in [-0.2, 0) is 17.6 Å². The number of rotatable bonds is 4. The highest BCUT2D eigenvalue weighted by Crippen LogP contribution is 2.23. The number of aryl methyl sites for hydroxylation is 2. The molecule has 118 valence electrons.